The van der Waals surface area contributed by atoms with Crippen LogP contribution in [0.4, 0.5) is 10.1 Å². The summed E-state index contributed by atoms with van der Waals surface area (Å²) in [7, 11) is 0. The van der Waals surface area contributed by atoms with Crippen LogP contribution < -0.4 is 5.32 Å². The molecule has 2 rings (SSSR count). The SMILES string of the molecule is O=C(Nc1ncc([N+](=O)[O-])s1)c1cc(Cl)ccc1Br. The minimum absolute atomic E-state index is 0.138. The molecular formula is C10H5BrClN3O3S. The molecule has 0 atom stereocenters. The molecule has 0 aliphatic rings. The molecule has 1 heterocycles. The molecular weight excluding hydrogens is 358 g/mol. The van der Waals surface area contributed by atoms with Crippen LogP contribution in [0.2, 0.25) is 5.02 Å². The maximum absolute atomic E-state index is 12.0. The molecule has 2 aromatic rings. The lowest BCUT2D eigenvalue weighted by Crippen LogP contribution is -2.12. The van der Waals surface area contributed by atoms with Crippen molar-refractivity contribution in [2.24, 2.45) is 0 Å². The molecule has 98 valence electrons. The van der Waals surface area contributed by atoms with Crippen LogP contribution in [0.3, 0.4) is 0 Å². The smallest absolute Gasteiger partial charge is 0.298 e. The lowest BCUT2D eigenvalue weighted by atomic mass is 10.2. The maximum atomic E-state index is 12.0. The minimum Gasteiger partial charge on any atom is -0.298 e. The fraction of sp³-hybridized carbons (Fsp3) is 0. The van der Waals surface area contributed by atoms with E-state index in [4.69, 9.17) is 11.6 Å². The molecule has 0 fully saturated rings. The van der Waals surface area contributed by atoms with Gasteiger partial charge in [-0.05, 0) is 45.5 Å². The number of nitrogens with zero attached hydrogens (tertiary/aromatic N) is 2. The van der Waals surface area contributed by atoms with Gasteiger partial charge in [0.25, 0.3) is 5.91 Å². The summed E-state index contributed by atoms with van der Waals surface area (Å²) < 4.78 is 0.570. The van der Waals surface area contributed by atoms with Gasteiger partial charge in [0.05, 0.1) is 10.5 Å². The van der Waals surface area contributed by atoms with E-state index in [2.05, 4.69) is 26.2 Å². The third kappa shape index (κ3) is 3.28. The van der Waals surface area contributed by atoms with Crippen molar-refractivity contribution in [3.63, 3.8) is 0 Å². The van der Waals surface area contributed by atoms with E-state index >= 15 is 0 Å². The molecule has 0 spiro atoms. The largest absolute Gasteiger partial charge is 0.345 e. The van der Waals surface area contributed by atoms with Gasteiger partial charge in [-0.1, -0.05) is 11.6 Å². The number of carbonyl (C=O) groups is 1. The molecule has 0 saturated heterocycles. The van der Waals surface area contributed by atoms with E-state index in [1.165, 1.54) is 6.07 Å². The first kappa shape index (κ1) is 13.9. The molecule has 1 aromatic carbocycles. The Morgan fingerprint density at radius 1 is 1.53 bits per heavy atom. The molecule has 0 radical (unpaired) electrons. The number of nitrogens with one attached hydrogen (secondary N) is 1. The van der Waals surface area contributed by atoms with Gasteiger partial charge in [-0.3, -0.25) is 20.2 Å². The average molecular weight is 363 g/mol. The fourth-order valence-corrected chi connectivity index (χ4v) is 2.47. The Kier molecular flexibility index (Phi) is 4.13. The zero-order valence-electron chi connectivity index (χ0n) is 9.09. The zero-order chi connectivity index (χ0) is 14.0. The lowest BCUT2D eigenvalue weighted by Gasteiger charge is -2.04. The number of nitro groups is 1. The van der Waals surface area contributed by atoms with Gasteiger partial charge in [-0.2, -0.15) is 0 Å². The van der Waals surface area contributed by atoms with Crippen molar-refractivity contribution >= 4 is 54.9 Å². The Labute approximate surface area is 124 Å². The number of thiazole rings is 1. The summed E-state index contributed by atoms with van der Waals surface area (Å²) in [4.78, 5) is 25.7. The van der Waals surface area contributed by atoms with Crippen LogP contribution in [-0.4, -0.2) is 15.8 Å². The van der Waals surface area contributed by atoms with Crippen molar-refractivity contribution in [1.29, 1.82) is 0 Å². The van der Waals surface area contributed by atoms with Gasteiger partial charge < -0.3 is 0 Å². The number of benzene rings is 1. The minimum atomic E-state index is -0.567. The van der Waals surface area contributed by atoms with Crippen molar-refractivity contribution in [2.45, 2.75) is 0 Å². The highest BCUT2D eigenvalue weighted by molar-refractivity contribution is 9.10. The van der Waals surface area contributed by atoms with Crippen molar-refractivity contribution in [1.82, 2.24) is 4.98 Å². The fourth-order valence-electron chi connectivity index (χ4n) is 1.24. The Hall–Kier alpha value is -1.51. The number of amides is 1. The summed E-state index contributed by atoms with van der Waals surface area (Å²) in [5.74, 6) is -0.446. The molecule has 0 aliphatic carbocycles. The van der Waals surface area contributed by atoms with Crippen LogP contribution in [0.15, 0.2) is 28.9 Å². The topological polar surface area (TPSA) is 85.1 Å². The normalized spacial score (nSPS) is 10.2. The van der Waals surface area contributed by atoms with Crippen molar-refractivity contribution < 1.29 is 9.72 Å². The first-order valence-corrected chi connectivity index (χ1v) is 6.83. The average Bonchev–Trinajstić information content (AvgIpc) is 2.80. The Balaban J connectivity index is 2.20. The molecule has 0 aliphatic heterocycles. The van der Waals surface area contributed by atoms with E-state index in [-0.39, 0.29) is 10.1 Å². The predicted molar refractivity (Wildman–Crippen MR) is 75.9 cm³/mol. The summed E-state index contributed by atoms with van der Waals surface area (Å²) in [6, 6.07) is 4.77. The molecule has 9 heteroatoms. The second kappa shape index (κ2) is 5.64. The van der Waals surface area contributed by atoms with Crippen LogP contribution >= 0.6 is 38.9 Å². The second-order valence-corrected chi connectivity index (χ2v) is 5.64. The Morgan fingerprint density at radius 2 is 2.26 bits per heavy atom. The summed E-state index contributed by atoms with van der Waals surface area (Å²) in [6.07, 6.45) is 1.09. The summed E-state index contributed by atoms with van der Waals surface area (Å²) >= 11 is 9.82. The molecule has 0 bridgehead atoms. The van der Waals surface area contributed by atoms with E-state index in [0.717, 1.165) is 17.5 Å². The van der Waals surface area contributed by atoms with Crippen LogP contribution in [0.25, 0.3) is 0 Å². The number of halogens is 2. The summed E-state index contributed by atoms with van der Waals surface area (Å²) in [5.41, 5.74) is 0.324. The first-order chi connectivity index (χ1) is 8.97. The molecule has 1 N–H and O–H groups in total. The summed E-state index contributed by atoms with van der Waals surface area (Å²) in [5, 5.41) is 13.4. The quantitative estimate of drug-likeness (QED) is 0.666. The third-order valence-electron chi connectivity index (χ3n) is 2.07. The highest BCUT2D eigenvalue weighted by Crippen LogP contribution is 2.27. The summed E-state index contributed by atoms with van der Waals surface area (Å²) in [6.45, 7) is 0. The number of rotatable bonds is 3. The molecule has 6 nitrogen and oxygen atoms in total. The molecule has 0 unspecified atom stereocenters. The van der Waals surface area contributed by atoms with Gasteiger partial charge in [0.15, 0.2) is 5.13 Å². The number of hydrogen-bond acceptors (Lipinski definition) is 5. The molecule has 0 saturated carbocycles. The van der Waals surface area contributed by atoms with Gasteiger partial charge >= 0.3 is 5.00 Å². The van der Waals surface area contributed by atoms with E-state index in [9.17, 15) is 14.9 Å². The maximum Gasteiger partial charge on any atom is 0.345 e. The van der Waals surface area contributed by atoms with Crippen LogP contribution in [-0.2, 0) is 0 Å². The molecule has 1 amide bonds. The number of hydrogen-bond donors (Lipinski definition) is 1. The molecule has 1 aromatic heterocycles. The Morgan fingerprint density at radius 3 is 2.89 bits per heavy atom. The first-order valence-electron chi connectivity index (χ1n) is 4.84. The third-order valence-corrected chi connectivity index (χ3v) is 3.86. The van der Waals surface area contributed by atoms with E-state index in [1.54, 1.807) is 12.1 Å². The molecule has 19 heavy (non-hydrogen) atoms. The van der Waals surface area contributed by atoms with Crippen molar-refractivity contribution in [3.8, 4) is 0 Å². The number of carbonyl (C=O) groups excluding carboxylic acids is 1. The number of aromatic nitrogens is 1. The second-order valence-electron chi connectivity index (χ2n) is 3.34. The van der Waals surface area contributed by atoms with Crippen LogP contribution in [0.5, 0.6) is 0 Å². The van der Waals surface area contributed by atoms with Crippen LogP contribution in [0.1, 0.15) is 10.4 Å². The van der Waals surface area contributed by atoms with E-state index < -0.39 is 10.8 Å². The van der Waals surface area contributed by atoms with E-state index in [0.29, 0.717) is 15.1 Å². The highest BCUT2D eigenvalue weighted by Gasteiger charge is 2.16. The zero-order valence-corrected chi connectivity index (χ0v) is 12.3. The van der Waals surface area contributed by atoms with Gasteiger partial charge in [0.1, 0.15) is 6.20 Å². The van der Waals surface area contributed by atoms with E-state index in [1.807, 2.05) is 0 Å². The highest BCUT2D eigenvalue weighted by atomic mass is 79.9. The van der Waals surface area contributed by atoms with Crippen molar-refractivity contribution in [3.05, 3.63) is 49.6 Å². The van der Waals surface area contributed by atoms with Gasteiger partial charge in [-0.25, -0.2) is 4.98 Å². The van der Waals surface area contributed by atoms with Crippen molar-refractivity contribution in [2.75, 3.05) is 5.32 Å². The van der Waals surface area contributed by atoms with Gasteiger partial charge in [0.2, 0.25) is 0 Å². The van der Waals surface area contributed by atoms with Gasteiger partial charge in [0, 0.05) is 9.50 Å². The standard InChI is InChI=1S/C10H5BrClN3O3S/c11-7-2-1-5(12)3-6(7)9(16)14-10-13-4-8(19-10)15(17)18/h1-4H,(H,13,14,16). The Bertz CT molecular complexity index is 661. The monoisotopic (exact) mass is 361 g/mol. The van der Waals surface area contributed by atoms with Gasteiger partial charge in [-0.15, -0.1) is 0 Å². The predicted octanol–water partition coefficient (Wildman–Crippen LogP) is 3.72. The van der Waals surface area contributed by atoms with Crippen LogP contribution in [0, 0.1) is 10.1 Å². The number of anilines is 1. The lowest BCUT2D eigenvalue weighted by molar-refractivity contribution is -0.380.